The molecule has 0 fully saturated rings. The first-order chi connectivity index (χ1) is 9.18. The minimum Gasteiger partial charge on any atom is -1.00 e. The summed E-state index contributed by atoms with van der Waals surface area (Å²) in [7, 11) is 4.84. The molecule has 1 aromatic heterocycles. The Bertz CT molecular complexity index is 464. The molecule has 0 spiro atoms. The van der Waals surface area contributed by atoms with Crippen LogP contribution in [0.4, 0.5) is 0 Å². The van der Waals surface area contributed by atoms with Crippen molar-refractivity contribution in [3.63, 3.8) is 0 Å². The van der Waals surface area contributed by atoms with Crippen molar-refractivity contribution in [2.24, 2.45) is 0 Å². The number of rotatable bonds is 5. The maximum absolute atomic E-state index is 10.5. The molecule has 1 heterocycles. The second-order valence-corrected chi connectivity index (χ2v) is 5.03. The van der Waals surface area contributed by atoms with Gasteiger partial charge in [-0.25, -0.2) is 0 Å². The molecular formula is C14H21N2NaO4. The maximum Gasteiger partial charge on any atom is 1.00 e. The van der Waals surface area contributed by atoms with E-state index in [9.17, 15) is 14.7 Å². The molecule has 0 radical (unpaired) electrons. The van der Waals surface area contributed by atoms with Crippen molar-refractivity contribution >= 4 is 18.0 Å². The number of hydrogen-bond acceptors (Lipinski definition) is 4. The van der Waals surface area contributed by atoms with E-state index in [1.54, 1.807) is 39.6 Å². The van der Waals surface area contributed by atoms with Gasteiger partial charge in [0.15, 0.2) is 0 Å². The van der Waals surface area contributed by atoms with E-state index in [2.05, 4.69) is 11.6 Å². The monoisotopic (exact) mass is 304 g/mol. The number of likely N-dealkylation sites (N-methyl/N-ethyl adjacent to an activating group) is 1. The largest absolute Gasteiger partial charge is 1.00 e. The number of quaternary nitrogens is 1. The number of carbonyl (C=O) groups is 2. The van der Waals surface area contributed by atoms with Crippen molar-refractivity contribution in [3.8, 4) is 0 Å². The normalized spacial score (nSPS) is 11.2. The molecule has 112 valence electrons. The summed E-state index contributed by atoms with van der Waals surface area (Å²) in [6, 6.07) is 2.82. The van der Waals surface area contributed by atoms with Gasteiger partial charge in [-0.05, 0) is 17.7 Å². The van der Waals surface area contributed by atoms with E-state index >= 15 is 0 Å². The van der Waals surface area contributed by atoms with Crippen LogP contribution in [0.3, 0.4) is 0 Å². The molecule has 1 atom stereocenters. The van der Waals surface area contributed by atoms with Gasteiger partial charge in [-0.15, -0.1) is 0 Å². The Balaban J connectivity index is -0.000000318. The fraction of sp³-hybridized carbons (Fsp3) is 0.357. The van der Waals surface area contributed by atoms with Gasteiger partial charge in [0.05, 0.1) is 27.1 Å². The molecule has 1 aromatic rings. The standard InChI is InChI=1S/C7H13NO4.C7H7N.Na.H/c1-8(2,3)5(7(11)12)4-6(9)10;1-2-7-3-5-8-6-4-7;;/h5H,4H2,1-3H3,(H-,9,10,11,12);2-6H,1H2;;/q;;+1;-1. The van der Waals surface area contributed by atoms with Crippen molar-refractivity contribution in [2.75, 3.05) is 21.1 Å². The summed E-state index contributed by atoms with van der Waals surface area (Å²) in [5, 5.41) is 18.9. The van der Waals surface area contributed by atoms with Gasteiger partial charge in [0.1, 0.15) is 12.5 Å². The number of hydrogen-bond donors (Lipinski definition) is 1. The quantitative estimate of drug-likeness (QED) is 0.466. The van der Waals surface area contributed by atoms with E-state index in [1.807, 2.05) is 12.1 Å². The first-order valence-electron chi connectivity index (χ1n) is 5.94. The SMILES string of the molecule is C=Cc1ccncc1.C[N+](C)(C)C(CC(=O)O)C(=O)[O-].[H-].[Na+]. The van der Waals surface area contributed by atoms with Crippen LogP contribution in [0.5, 0.6) is 0 Å². The number of carboxylic acids is 2. The second-order valence-electron chi connectivity index (χ2n) is 5.03. The number of carboxylic acid groups (broad SMARTS) is 2. The minimum atomic E-state index is -1.33. The Morgan fingerprint density at radius 2 is 1.90 bits per heavy atom. The van der Waals surface area contributed by atoms with E-state index in [4.69, 9.17) is 5.11 Å². The summed E-state index contributed by atoms with van der Waals surface area (Å²) < 4.78 is 0.0502. The van der Waals surface area contributed by atoms with Gasteiger partial charge in [-0.1, -0.05) is 12.7 Å². The van der Waals surface area contributed by atoms with E-state index in [1.165, 1.54) is 0 Å². The molecule has 0 bridgehead atoms. The van der Waals surface area contributed by atoms with E-state index in [0.29, 0.717) is 0 Å². The smallest absolute Gasteiger partial charge is 1.00 e. The van der Waals surface area contributed by atoms with Crippen molar-refractivity contribution in [2.45, 2.75) is 12.5 Å². The molecule has 0 aliphatic heterocycles. The molecule has 1 rings (SSSR count). The fourth-order valence-electron chi connectivity index (χ4n) is 1.34. The van der Waals surface area contributed by atoms with Crippen LogP contribution >= 0.6 is 0 Å². The number of pyridine rings is 1. The predicted molar refractivity (Wildman–Crippen MR) is 74.5 cm³/mol. The minimum absolute atomic E-state index is 0. The Morgan fingerprint density at radius 1 is 1.43 bits per heavy atom. The third-order valence-electron chi connectivity index (χ3n) is 2.52. The van der Waals surface area contributed by atoms with Crippen LogP contribution in [-0.4, -0.2) is 53.7 Å². The van der Waals surface area contributed by atoms with Gasteiger partial charge in [-0.3, -0.25) is 9.78 Å². The number of aromatic nitrogens is 1. The van der Waals surface area contributed by atoms with Crippen LogP contribution in [0.25, 0.3) is 6.08 Å². The van der Waals surface area contributed by atoms with Crippen molar-refractivity contribution in [1.29, 1.82) is 0 Å². The van der Waals surface area contributed by atoms with Gasteiger partial charge >= 0.3 is 35.5 Å². The Kier molecular flexibility index (Phi) is 11.0. The topological polar surface area (TPSA) is 90.3 Å². The van der Waals surface area contributed by atoms with Crippen molar-refractivity contribution in [1.82, 2.24) is 4.98 Å². The first-order valence-corrected chi connectivity index (χ1v) is 5.94. The number of nitrogens with zero attached hydrogens (tertiary/aromatic N) is 2. The van der Waals surface area contributed by atoms with E-state index in [0.717, 1.165) is 5.56 Å². The van der Waals surface area contributed by atoms with Gasteiger partial charge < -0.3 is 20.9 Å². The number of carbonyl (C=O) groups excluding carboxylic acids is 1. The van der Waals surface area contributed by atoms with Crippen LogP contribution in [-0.2, 0) is 9.59 Å². The van der Waals surface area contributed by atoms with Crippen LogP contribution < -0.4 is 34.7 Å². The predicted octanol–water partition coefficient (Wildman–Crippen LogP) is -2.87. The Hall–Kier alpha value is -1.21. The fourth-order valence-corrected chi connectivity index (χ4v) is 1.34. The molecule has 0 amide bonds. The van der Waals surface area contributed by atoms with Crippen molar-refractivity contribution in [3.05, 3.63) is 36.7 Å². The molecule has 21 heavy (non-hydrogen) atoms. The van der Waals surface area contributed by atoms with Crippen molar-refractivity contribution < 1.29 is 55.3 Å². The summed E-state index contributed by atoms with van der Waals surface area (Å²) in [6.45, 7) is 3.60. The first kappa shape index (κ1) is 22.1. The molecule has 0 saturated heterocycles. The van der Waals surface area contributed by atoms with Gasteiger partial charge in [0.25, 0.3) is 0 Å². The third-order valence-corrected chi connectivity index (χ3v) is 2.52. The summed E-state index contributed by atoms with van der Waals surface area (Å²) in [5.74, 6) is -2.46. The van der Waals surface area contributed by atoms with Gasteiger partial charge in [-0.2, -0.15) is 0 Å². The molecule has 0 aliphatic rings. The average Bonchev–Trinajstić information content (AvgIpc) is 2.36. The molecule has 0 aliphatic carbocycles. The molecule has 6 nitrogen and oxygen atoms in total. The molecular weight excluding hydrogens is 283 g/mol. The van der Waals surface area contributed by atoms with E-state index in [-0.39, 0.29) is 35.5 Å². The summed E-state index contributed by atoms with van der Waals surface area (Å²) in [6.07, 6.45) is 4.88. The third kappa shape index (κ3) is 10.2. The molecule has 7 heteroatoms. The zero-order valence-electron chi connectivity index (χ0n) is 13.9. The summed E-state index contributed by atoms with van der Waals surface area (Å²) in [5.41, 5.74) is 1.11. The zero-order chi connectivity index (χ0) is 15.8. The molecule has 0 aromatic carbocycles. The average molecular weight is 304 g/mol. The van der Waals surface area contributed by atoms with E-state index < -0.39 is 24.4 Å². The number of aliphatic carboxylic acids is 2. The molecule has 1 N–H and O–H groups in total. The maximum atomic E-state index is 10.5. The molecule has 1 unspecified atom stereocenters. The Morgan fingerprint density at radius 3 is 2.10 bits per heavy atom. The summed E-state index contributed by atoms with van der Waals surface area (Å²) >= 11 is 0. The Labute approximate surface area is 148 Å². The van der Waals surface area contributed by atoms with Crippen LogP contribution in [0.2, 0.25) is 0 Å². The zero-order valence-corrected chi connectivity index (χ0v) is 14.9. The van der Waals surface area contributed by atoms with Gasteiger partial charge in [0.2, 0.25) is 0 Å². The van der Waals surface area contributed by atoms with Gasteiger partial charge in [0, 0.05) is 12.4 Å². The second kappa shape index (κ2) is 10.5. The summed E-state index contributed by atoms with van der Waals surface area (Å²) in [4.78, 5) is 24.6. The molecule has 0 saturated carbocycles. The van der Waals surface area contributed by atoms with Crippen LogP contribution in [0.15, 0.2) is 31.1 Å². The van der Waals surface area contributed by atoms with Crippen LogP contribution in [0, 0.1) is 0 Å². The van der Waals surface area contributed by atoms with Crippen LogP contribution in [0.1, 0.15) is 13.4 Å².